The van der Waals surface area contributed by atoms with Crippen LogP contribution in [0.1, 0.15) is 24.6 Å². The lowest BCUT2D eigenvalue weighted by Gasteiger charge is -2.05. The predicted octanol–water partition coefficient (Wildman–Crippen LogP) is 3.10. The molecule has 0 bridgehead atoms. The van der Waals surface area contributed by atoms with Gasteiger partial charge >= 0.3 is 0 Å². The van der Waals surface area contributed by atoms with Gasteiger partial charge in [0.1, 0.15) is 12.4 Å². The lowest BCUT2D eigenvalue weighted by atomic mass is 10.2. The second kappa shape index (κ2) is 7.97. The second-order valence-electron chi connectivity index (χ2n) is 4.65. The van der Waals surface area contributed by atoms with Crippen LogP contribution in [0.5, 0.6) is 0 Å². The van der Waals surface area contributed by atoms with Crippen LogP contribution in [0.15, 0.2) is 18.5 Å². The van der Waals surface area contributed by atoms with Gasteiger partial charge in [-0.25, -0.2) is 8.78 Å². The Hall–Kier alpha value is -1.63. The number of aryl methyl sites for hydroxylation is 1. The molecule has 118 valence electrons. The number of nitrogens with one attached hydrogen (secondary N) is 1. The van der Waals surface area contributed by atoms with Crippen molar-refractivity contribution in [3.05, 3.63) is 29.7 Å². The molecule has 1 N–H and O–H groups in total. The van der Waals surface area contributed by atoms with Crippen molar-refractivity contribution in [2.45, 2.75) is 46.3 Å². The number of aromatic nitrogens is 4. The van der Waals surface area contributed by atoms with Crippen molar-refractivity contribution in [2.24, 2.45) is 0 Å². The summed E-state index contributed by atoms with van der Waals surface area (Å²) >= 11 is 0. The van der Waals surface area contributed by atoms with E-state index in [0.29, 0.717) is 6.54 Å². The van der Waals surface area contributed by atoms with Gasteiger partial charge in [-0.3, -0.25) is 9.36 Å². The van der Waals surface area contributed by atoms with E-state index in [0.717, 1.165) is 30.0 Å². The van der Waals surface area contributed by atoms with Crippen molar-refractivity contribution >= 4 is 18.2 Å². The largest absolute Gasteiger partial charge is 0.364 e. The molecule has 0 fully saturated rings. The van der Waals surface area contributed by atoms with Gasteiger partial charge in [0.2, 0.25) is 0 Å². The maximum atomic E-state index is 12.3. The Labute approximate surface area is 128 Å². The maximum absolute atomic E-state index is 12.3. The molecule has 0 saturated heterocycles. The smallest absolute Gasteiger partial charge is 0.257 e. The van der Waals surface area contributed by atoms with E-state index in [1.54, 1.807) is 13.1 Å². The van der Waals surface area contributed by atoms with Gasteiger partial charge in [0.25, 0.3) is 6.43 Å². The zero-order chi connectivity index (χ0) is 14.5. The van der Waals surface area contributed by atoms with E-state index in [4.69, 9.17) is 0 Å². The normalized spacial score (nSPS) is 10.7. The summed E-state index contributed by atoms with van der Waals surface area (Å²) in [7, 11) is 0. The van der Waals surface area contributed by atoms with E-state index in [2.05, 4.69) is 22.4 Å². The minimum Gasteiger partial charge on any atom is -0.364 e. The van der Waals surface area contributed by atoms with E-state index in [1.165, 1.54) is 4.68 Å². The van der Waals surface area contributed by atoms with E-state index < -0.39 is 6.43 Å². The van der Waals surface area contributed by atoms with Gasteiger partial charge in [0.15, 0.2) is 0 Å². The Morgan fingerprint density at radius 3 is 2.81 bits per heavy atom. The molecule has 0 aliphatic rings. The van der Waals surface area contributed by atoms with Gasteiger partial charge < -0.3 is 5.32 Å². The molecule has 0 spiro atoms. The van der Waals surface area contributed by atoms with Crippen LogP contribution in [-0.2, 0) is 19.6 Å². The highest BCUT2D eigenvalue weighted by molar-refractivity contribution is 5.85. The molecule has 2 aromatic heterocycles. The SMILES string of the molecule is CCCn1ccc(NCc2cnn(CC(F)F)c2C)n1.Cl. The zero-order valence-corrected chi connectivity index (χ0v) is 12.9. The van der Waals surface area contributed by atoms with Crippen LogP contribution in [-0.4, -0.2) is 26.0 Å². The Morgan fingerprint density at radius 2 is 2.14 bits per heavy atom. The predicted molar refractivity (Wildman–Crippen MR) is 80.1 cm³/mol. The van der Waals surface area contributed by atoms with Crippen LogP contribution in [0.25, 0.3) is 0 Å². The quantitative estimate of drug-likeness (QED) is 0.853. The Morgan fingerprint density at radius 1 is 1.38 bits per heavy atom. The number of hydrogen-bond donors (Lipinski definition) is 1. The van der Waals surface area contributed by atoms with Crippen LogP contribution in [0, 0.1) is 6.92 Å². The number of halogens is 3. The van der Waals surface area contributed by atoms with E-state index in [-0.39, 0.29) is 19.0 Å². The van der Waals surface area contributed by atoms with Crippen LogP contribution < -0.4 is 5.32 Å². The number of nitrogens with zero attached hydrogens (tertiary/aromatic N) is 4. The van der Waals surface area contributed by atoms with Crippen molar-refractivity contribution in [3.63, 3.8) is 0 Å². The molecule has 2 rings (SSSR count). The molecule has 0 aliphatic heterocycles. The summed E-state index contributed by atoms with van der Waals surface area (Å²) in [6.45, 7) is 4.93. The highest BCUT2D eigenvalue weighted by Gasteiger charge is 2.11. The molecule has 2 aromatic rings. The molecule has 0 amide bonds. The lowest BCUT2D eigenvalue weighted by Crippen LogP contribution is -2.10. The molecular weight excluding hydrogens is 300 g/mol. The number of hydrogen-bond acceptors (Lipinski definition) is 3. The fraction of sp³-hybridized carbons (Fsp3) is 0.538. The molecule has 5 nitrogen and oxygen atoms in total. The summed E-state index contributed by atoms with van der Waals surface area (Å²) in [5, 5.41) is 11.5. The monoisotopic (exact) mass is 319 g/mol. The van der Waals surface area contributed by atoms with E-state index >= 15 is 0 Å². The lowest BCUT2D eigenvalue weighted by molar-refractivity contribution is 0.121. The van der Waals surface area contributed by atoms with Crippen LogP contribution in [0.4, 0.5) is 14.6 Å². The summed E-state index contributed by atoms with van der Waals surface area (Å²) in [6.07, 6.45) is 2.17. The third-order valence-electron chi connectivity index (χ3n) is 3.07. The molecule has 0 aromatic carbocycles. The fourth-order valence-electron chi connectivity index (χ4n) is 1.97. The zero-order valence-electron chi connectivity index (χ0n) is 12.1. The molecule has 0 unspecified atom stereocenters. The van der Waals surface area contributed by atoms with E-state index in [1.807, 2.05) is 16.9 Å². The standard InChI is InChI=1S/C13H19F2N5.ClH/c1-3-5-19-6-4-13(18-19)16-7-11-8-17-20(10(11)2)9-12(14)15;/h4,6,8,12H,3,5,7,9H2,1-2H3,(H,16,18);1H. The van der Waals surface area contributed by atoms with Crippen molar-refractivity contribution < 1.29 is 8.78 Å². The van der Waals surface area contributed by atoms with Crippen LogP contribution in [0.3, 0.4) is 0 Å². The Kier molecular flexibility index (Phi) is 6.61. The van der Waals surface area contributed by atoms with Gasteiger partial charge in [0.05, 0.1) is 6.20 Å². The van der Waals surface area contributed by atoms with Crippen molar-refractivity contribution in [1.82, 2.24) is 19.6 Å². The third kappa shape index (κ3) is 4.70. The molecule has 0 aliphatic carbocycles. The summed E-state index contributed by atoms with van der Waals surface area (Å²) in [4.78, 5) is 0. The first kappa shape index (κ1) is 17.4. The molecule has 0 radical (unpaired) electrons. The first-order chi connectivity index (χ1) is 9.60. The van der Waals surface area contributed by atoms with Gasteiger partial charge in [-0.1, -0.05) is 6.92 Å². The topological polar surface area (TPSA) is 47.7 Å². The fourth-order valence-corrected chi connectivity index (χ4v) is 1.97. The first-order valence-corrected chi connectivity index (χ1v) is 6.67. The number of anilines is 1. The Balaban J connectivity index is 0.00000220. The average Bonchev–Trinajstić information content (AvgIpc) is 2.96. The highest BCUT2D eigenvalue weighted by atomic mass is 35.5. The van der Waals surface area contributed by atoms with Gasteiger partial charge in [-0.2, -0.15) is 10.2 Å². The van der Waals surface area contributed by atoms with E-state index in [9.17, 15) is 8.78 Å². The van der Waals surface area contributed by atoms with Crippen LogP contribution >= 0.6 is 12.4 Å². The molecule has 0 saturated carbocycles. The molecular formula is C13H20ClF2N5. The van der Waals surface area contributed by atoms with Crippen molar-refractivity contribution in [1.29, 1.82) is 0 Å². The van der Waals surface area contributed by atoms with Gasteiger partial charge in [-0.05, 0) is 13.3 Å². The molecule has 21 heavy (non-hydrogen) atoms. The minimum absolute atomic E-state index is 0. The minimum atomic E-state index is -2.39. The maximum Gasteiger partial charge on any atom is 0.257 e. The van der Waals surface area contributed by atoms with Crippen molar-refractivity contribution in [3.8, 4) is 0 Å². The van der Waals surface area contributed by atoms with Gasteiger partial charge in [0, 0.05) is 36.6 Å². The summed E-state index contributed by atoms with van der Waals surface area (Å²) in [5.74, 6) is 0.777. The Bertz CT molecular complexity index is 553. The first-order valence-electron chi connectivity index (χ1n) is 6.67. The summed E-state index contributed by atoms with van der Waals surface area (Å²) < 4.78 is 27.9. The average molecular weight is 320 g/mol. The second-order valence-corrected chi connectivity index (χ2v) is 4.65. The summed E-state index contributed by atoms with van der Waals surface area (Å²) in [5.41, 5.74) is 1.65. The number of rotatable bonds is 7. The highest BCUT2D eigenvalue weighted by Crippen LogP contribution is 2.12. The third-order valence-corrected chi connectivity index (χ3v) is 3.07. The molecule has 2 heterocycles. The van der Waals surface area contributed by atoms with Crippen LogP contribution in [0.2, 0.25) is 0 Å². The van der Waals surface area contributed by atoms with Crippen molar-refractivity contribution in [2.75, 3.05) is 5.32 Å². The number of alkyl halides is 2. The molecule has 0 atom stereocenters. The summed E-state index contributed by atoms with van der Waals surface area (Å²) in [6, 6.07) is 1.90. The van der Waals surface area contributed by atoms with Gasteiger partial charge in [-0.15, -0.1) is 12.4 Å². The molecule has 8 heteroatoms.